The molecule has 0 aromatic heterocycles. The average molecular weight is 434 g/mol. The van der Waals surface area contributed by atoms with Gasteiger partial charge in [0.05, 0.1) is 16.8 Å². The van der Waals surface area contributed by atoms with Crippen LogP contribution in [-0.2, 0) is 14.8 Å². The molecule has 2 fully saturated rings. The zero-order chi connectivity index (χ0) is 17.2. The summed E-state index contributed by atoms with van der Waals surface area (Å²) in [4.78, 5) is 14.5. The Kier molecular flexibility index (Phi) is 5.86. The van der Waals surface area contributed by atoms with E-state index in [2.05, 4.69) is 26.0 Å². The SMILES string of the molecule is O=C(C1CC(CNS(=O)(=O)c2cccc(Br)c2)CN1)N1CCSC1. The number of carbonyl (C=O) groups is 1. The molecule has 1 amide bonds. The summed E-state index contributed by atoms with van der Waals surface area (Å²) in [5, 5.41) is 3.23. The predicted octanol–water partition coefficient (Wildman–Crippen LogP) is 1.24. The third-order valence-corrected chi connectivity index (χ3v) is 7.13. The smallest absolute Gasteiger partial charge is 0.240 e. The Morgan fingerprint density at radius 2 is 2.29 bits per heavy atom. The summed E-state index contributed by atoms with van der Waals surface area (Å²) in [6.45, 7) is 1.79. The maximum atomic E-state index is 12.4. The average Bonchev–Trinajstić information content (AvgIpc) is 3.24. The van der Waals surface area contributed by atoms with Crippen molar-refractivity contribution in [2.75, 3.05) is 31.3 Å². The normalized spacial score (nSPS) is 24.5. The largest absolute Gasteiger partial charge is 0.331 e. The molecule has 0 radical (unpaired) electrons. The van der Waals surface area contributed by atoms with Crippen LogP contribution in [0.3, 0.4) is 0 Å². The molecule has 2 unspecified atom stereocenters. The van der Waals surface area contributed by atoms with Gasteiger partial charge in [-0.3, -0.25) is 4.79 Å². The minimum absolute atomic E-state index is 0.121. The lowest BCUT2D eigenvalue weighted by Crippen LogP contribution is -2.42. The third-order valence-electron chi connectivity index (χ3n) is 4.25. The quantitative estimate of drug-likeness (QED) is 0.729. The van der Waals surface area contributed by atoms with Crippen molar-refractivity contribution in [3.63, 3.8) is 0 Å². The van der Waals surface area contributed by atoms with Crippen LogP contribution in [0.25, 0.3) is 0 Å². The van der Waals surface area contributed by atoms with Crippen molar-refractivity contribution in [1.82, 2.24) is 14.9 Å². The van der Waals surface area contributed by atoms with Crippen LogP contribution < -0.4 is 10.0 Å². The standard InChI is InChI=1S/C15H20BrN3O3S2/c16-12-2-1-3-13(7-12)24(21,22)18-9-11-6-14(17-8-11)15(20)19-4-5-23-10-19/h1-3,7,11,14,17-18H,4-6,8-10H2. The van der Waals surface area contributed by atoms with E-state index in [9.17, 15) is 13.2 Å². The van der Waals surface area contributed by atoms with E-state index in [4.69, 9.17) is 0 Å². The number of amides is 1. The molecule has 132 valence electrons. The minimum Gasteiger partial charge on any atom is -0.331 e. The first-order chi connectivity index (χ1) is 11.5. The number of hydrogen-bond donors (Lipinski definition) is 2. The fraction of sp³-hybridized carbons (Fsp3) is 0.533. The molecule has 0 saturated carbocycles. The third kappa shape index (κ3) is 4.32. The molecule has 2 atom stereocenters. The van der Waals surface area contributed by atoms with E-state index in [1.807, 2.05) is 4.90 Å². The summed E-state index contributed by atoms with van der Waals surface area (Å²) in [7, 11) is -3.53. The lowest BCUT2D eigenvalue weighted by Gasteiger charge is -2.19. The van der Waals surface area contributed by atoms with Crippen LogP contribution in [0.5, 0.6) is 0 Å². The van der Waals surface area contributed by atoms with Gasteiger partial charge in [-0.1, -0.05) is 22.0 Å². The lowest BCUT2D eigenvalue weighted by molar-refractivity contribution is -0.131. The molecule has 6 nitrogen and oxygen atoms in total. The molecule has 2 heterocycles. The molecular formula is C15H20BrN3O3S2. The number of hydrogen-bond acceptors (Lipinski definition) is 5. The van der Waals surface area contributed by atoms with Crippen molar-refractivity contribution >= 4 is 43.6 Å². The van der Waals surface area contributed by atoms with Gasteiger partial charge in [-0.05, 0) is 30.5 Å². The van der Waals surface area contributed by atoms with Gasteiger partial charge in [0.1, 0.15) is 0 Å². The number of nitrogens with zero attached hydrogens (tertiary/aromatic N) is 1. The van der Waals surface area contributed by atoms with Crippen LogP contribution in [0.2, 0.25) is 0 Å². The zero-order valence-corrected chi connectivity index (χ0v) is 16.3. The molecule has 2 saturated heterocycles. The van der Waals surface area contributed by atoms with Crippen LogP contribution >= 0.6 is 27.7 Å². The molecule has 3 rings (SSSR count). The molecule has 0 bridgehead atoms. The fourth-order valence-electron chi connectivity index (χ4n) is 2.91. The summed E-state index contributed by atoms with van der Waals surface area (Å²) in [6, 6.07) is 6.43. The summed E-state index contributed by atoms with van der Waals surface area (Å²) < 4.78 is 28.1. The van der Waals surface area contributed by atoms with E-state index in [1.165, 1.54) is 0 Å². The Labute approximate surface area is 154 Å². The molecule has 0 aliphatic carbocycles. The van der Waals surface area contributed by atoms with Gasteiger partial charge in [0, 0.05) is 29.9 Å². The van der Waals surface area contributed by atoms with Gasteiger partial charge < -0.3 is 10.2 Å². The molecule has 2 aliphatic rings. The summed E-state index contributed by atoms with van der Waals surface area (Å²) in [5.41, 5.74) is 0. The van der Waals surface area contributed by atoms with Crippen LogP contribution in [0.1, 0.15) is 6.42 Å². The Hall–Kier alpha value is -0.610. The highest BCUT2D eigenvalue weighted by molar-refractivity contribution is 9.10. The number of halogens is 1. The highest BCUT2D eigenvalue weighted by Crippen LogP contribution is 2.21. The maximum Gasteiger partial charge on any atom is 0.240 e. The monoisotopic (exact) mass is 433 g/mol. The topological polar surface area (TPSA) is 78.5 Å². The van der Waals surface area contributed by atoms with Gasteiger partial charge in [0.25, 0.3) is 0 Å². The van der Waals surface area contributed by atoms with Gasteiger partial charge in [0.15, 0.2) is 0 Å². The fourth-order valence-corrected chi connectivity index (χ4v) is 5.57. The Bertz CT molecular complexity index is 708. The zero-order valence-electron chi connectivity index (χ0n) is 13.1. The van der Waals surface area contributed by atoms with Crippen molar-refractivity contribution in [1.29, 1.82) is 0 Å². The van der Waals surface area contributed by atoms with Gasteiger partial charge in [-0.15, -0.1) is 11.8 Å². The summed E-state index contributed by atoms with van der Waals surface area (Å²) in [6.07, 6.45) is 0.668. The first-order valence-corrected chi connectivity index (χ1v) is 11.2. The van der Waals surface area contributed by atoms with Crippen LogP contribution in [0.15, 0.2) is 33.6 Å². The van der Waals surface area contributed by atoms with Gasteiger partial charge in [-0.2, -0.15) is 0 Å². The molecule has 1 aromatic carbocycles. The number of thioether (sulfide) groups is 1. The number of benzene rings is 1. The van der Waals surface area contributed by atoms with Crippen molar-refractivity contribution in [3.8, 4) is 0 Å². The second kappa shape index (κ2) is 7.74. The molecule has 2 N–H and O–H groups in total. The Morgan fingerprint density at radius 3 is 3.00 bits per heavy atom. The van der Waals surface area contributed by atoms with Crippen LogP contribution in [-0.4, -0.2) is 56.5 Å². The van der Waals surface area contributed by atoms with Gasteiger partial charge in [0.2, 0.25) is 15.9 Å². The molecule has 0 spiro atoms. The van der Waals surface area contributed by atoms with E-state index >= 15 is 0 Å². The van der Waals surface area contributed by atoms with Crippen molar-refractivity contribution in [2.24, 2.45) is 5.92 Å². The number of rotatable bonds is 5. The highest BCUT2D eigenvalue weighted by Gasteiger charge is 2.33. The van der Waals surface area contributed by atoms with Crippen LogP contribution in [0.4, 0.5) is 0 Å². The maximum absolute atomic E-state index is 12.4. The molecule has 2 aliphatic heterocycles. The Morgan fingerprint density at radius 1 is 1.46 bits per heavy atom. The van der Waals surface area contributed by atoms with Gasteiger partial charge in [-0.25, -0.2) is 13.1 Å². The van der Waals surface area contributed by atoms with E-state index in [0.717, 1.165) is 22.6 Å². The second-order valence-electron chi connectivity index (χ2n) is 6.01. The van der Waals surface area contributed by atoms with E-state index < -0.39 is 10.0 Å². The Balaban J connectivity index is 1.53. The van der Waals surface area contributed by atoms with E-state index in [0.29, 0.717) is 19.5 Å². The second-order valence-corrected chi connectivity index (χ2v) is 9.77. The van der Waals surface area contributed by atoms with E-state index in [1.54, 1.807) is 36.0 Å². The molecular weight excluding hydrogens is 414 g/mol. The number of nitrogens with one attached hydrogen (secondary N) is 2. The number of carbonyl (C=O) groups excluding carboxylic acids is 1. The predicted molar refractivity (Wildman–Crippen MR) is 98.3 cm³/mol. The minimum atomic E-state index is -3.53. The first kappa shape index (κ1) is 18.2. The van der Waals surface area contributed by atoms with Crippen molar-refractivity contribution < 1.29 is 13.2 Å². The van der Waals surface area contributed by atoms with Crippen LogP contribution in [0, 0.1) is 5.92 Å². The molecule has 24 heavy (non-hydrogen) atoms. The lowest BCUT2D eigenvalue weighted by atomic mass is 10.1. The van der Waals surface area contributed by atoms with Gasteiger partial charge >= 0.3 is 0 Å². The summed E-state index contributed by atoms with van der Waals surface area (Å²) >= 11 is 5.05. The highest BCUT2D eigenvalue weighted by atomic mass is 79.9. The van der Waals surface area contributed by atoms with Crippen molar-refractivity contribution in [3.05, 3.63) is 28.7 Å². The van der Waals surface area contributed by atoms with E-state index in [-0.39, 0.29) is 22.8 Å². The first-order valence-electron chi connectivity index (χ1n) is 7.81. The summed E-state index contributed by atoms with van der Waals surface area (Å²) in [5.74, 6) is 2.01. The molecule has 9 heteroatoms. The molecule has 1 aromatic rings. The number of sulfonamides is 1. The van der Waals surface area contributed by atoms with Crippen molar-refractivity contribution in [2.45, 2.75) is 17.4 Å².